The van der Waals surface area contributed by atoms with E-state index in [0.717, 1.165) is 46.5 Å². The Kier molecular flexibility index (Phi) is 3.83. The summed E-state index contributed by atoms with van der Waals surface area (Å²) in [6.07, 6.45) is 1.64. The normalized spacial score (nSPS) is 22.9. The third-order valence-electron chi connectivity index (χ3n) is 5.19. The molecule has 140 valence electrons. The van der Waals surface area contributed by atoms with Crippen molar-refractivity contribution in [2.24, 2.45) is 0 Å². The first-order valence-corrected chi connectivity index (χ1v) is 9.52. The monoisotopic (exact) mass is 391 g/mol. The Bertz CT molecular complexity index is 926. The van der Waals surface area contributed by atoms with Crippen molar-refractivity contribution >= 4 is 26.7 Å². The number of alkyl halides is 3. The predicted molar refractivity (Wildman–Crippen MR) is 96.6 cm³/mol. The third kappa shape index (κ3) is 3.04. The molecule has 3 saturated heterocycles. The Hall–Kier alpha value is -2.26. The topological polar surface area (TPSA) is 45.2 Å². The van der Waals surface area contributed by atoms with Gasteiger partial charge in [0.2, 0.25) is 0 Å². The van der Waals surface area contributed by atoms with Gasteiger partial charge in [-0.1, -0.05) is 17.4 Å². The fourth-order valence-electron chi connectivity index (χ4n) is 3.96. The molecule has 3 fully saturated rings. The number of anilines is 1. The Morgan fingerprint density at radius 1 is 1.11 bits per heavy atom. The van der Waals surface area contributed by atoms with Gasteiger partial charge in [-0.15, -0.1) is 0 Å². The maximum atomic E-state index is 12.6. The highest BCUT2D eigenvalue weighted by Crippen LogP contribution is 2.40. The second-order valence-corrected chi connectivity index (χ2v) is 8.04. The van der Waals surface area contributed by atoms with Crippen molar-refractivity contribution in [1.29, 1.82) is 0 Å². The lowest BCUT2D eigenvalue weighted by molar-refractivity contribution is -0.141. The number of piperazine rings is 1. The maximum absolute atomic E-state index is 12.6. The van der Waals surface area contributed by atoms with Gasteiger partial charge in [0.15, 0.2) is 5.13 Å². The van der Waals surface area contributed by atoms with Crippen LogP contribution in [0.15, 0.2) is 36.8 Å². The van der Waals surface area contributed by atoms with Crippen molar-refractivity contribution < 1.29 is 13.2 Å². The molecule has 0 N–H and O–H groups in total. The molecule has 2 bridgehead atoms. The van der Waals surface area contributed by atoms with Gasteiger partial charge in [0.25, 0.3) is 0 Å². The highest BCUT2D eigenvalue weighted by Gasteiger charge is 2.45. The SMILES string of the molecule is FC(F)(F)c1ccc(CN2CC3CC(C2)N3c2nc3cnccc3s2)cn1. The first-order chi connectivity index (χ1) is 13.0. The fourth-order valence-corrected chi connectivity index (χ4v) is 5.04. The Labute approximate surface area is 157 Å². The Balaban J connectivity index is 1.26. The molecule has 9 heteroatoms. The van der Waals surface area contributed by atoms with Gasteiger partial charge in [-0.05, 0) is 24.1 Å². The quantitative estimate of drug-likeness (QED) is 0.683. The molecule has 2 unspecified atom stereocenters. The number of piperidine rings is 1. The molecule has 3 aromatic heterocycles. The molecule has 0 aliphatic carbocycles. The molecule has 3 aromatic rings. The molecule has 0 radical (unpaired) electrons. The first-order valence-electron chi connectivity index (χ1n) is 8.71. The molecule has 0 spiro atoms. The van der Waals surface area contributed by atoms with Crippen molar-refractivity contribution in [3.8, 4) is 0 Å². The van der Waals surface area contributed by atoms with E-state index >= 15 is 0 Å². The van der Waals surface area contributed by atoms with Crippen molar-refractivity contribution in [2.45, 2.75) is 31.2 Å². The second-order valence-electron chi connectivity index (χ2n) is 7.03. The Morgan fingerprint density at radius 3 is 2.59 bits per heavy atom. The molecule has 6 heterocycles. The molecule has 0 saturated carbocycles. The minimum absolute atomic E-state index is 0.402. The number of hydrogen-bond donors (Lipinski definition) is 0. The molecule has 2 atom stereocenters. The first kappa shape index (κ1) is 16.9. The van der Waals surface area contributed by atoms with Gasteiger partial charge in [0.05, 0.1) is 10.9 Å². The zero-order chi connectivity index (χ0) is 18.6. The minimum atomic E-state index is -4.39. The molecular weight excluding hydrogens is 375 g/mol. The third-order valence-corrected chi connectivity index (χ3v) is 6.24. The van der Waals surface area contributed by atoms with Gasteiger partial charge in [0, 0.05) is 44.1 Å². The van der Waals surface area contributed by atoms with Gasteiger partial charge >= 0.3 is 6.18 Å². The van der Waals surface area contributed by atoms with Gasteiger partial charge in [-0.2, -0.15) is 13.2 Å². The van der Waals surface area contributed by atoms with Crippen LogP contribution in [-0.2, 0) is 12.7 Å². The Morgan fingerprint density at radius 2 is 1.93 bits per heavy atom. The standard InChI is InChI=1S/C18H16F3N5S/c19-18(20,21)16-2-1-11(6-23-16)8-25-9-12-5-13(10-25)26(12)17-24-14-7-22-4-3-15(14)27-17/h1-4,6-7,12-13H,5,8-10H2. The van der Waals surface area contributed by atoms with Crippen LogP contribution in [0.25, 0.3) is 10.2 Å². The zero-order valence-corrected chi connectivity index (χ0v) is 15.0. The summed E-state index contributed by atoms with van der Waals surface area (Å²) in [4.78, 5) is 17.1. The number of aromatic nitrogens is 3. The summed E-state index contributed by atoms with van der Waals surface area (Å²) in [7, 11) is 0. The fraction of sp³-hybridized carbons (Fsp3) is 0.389. The number of halogens is 3. The second kappa shape index (κ2) is 6.13. The summed E-state index contributed by atoms with van der Waals surface area (Å²) in [5.74, 6) is 0. The lowest BCUT2D eigenvalue weighted by Gasteiger charge is -2.56. The molecule has 5 nitrogen and oxygen atoms in total. The lowest BCUT2D eigenvalue weighted by Crippen LogP contribution is -2.68. The number of thiazole rings is 1. The van der Waals surface area contributed by atoms with Crippen LogP contribution in [-0.4, -0.2) is 45.0 Å². The summed E-state index contributed by atoms with van der Waals surface area (Å²) in [5, 5.41) is 1.04. The van der Waals surface area contributed by atoms with E-state index in [9.17, 15) is 13.2 Å². The van der Waals surface area contributed by atoms with Crippen LogP contribution in [0.2, 0.25) is 0 Å². The van der Waals surface area contributed by atoms with E-state index in [-0.39, 0.29) is 0 Å². The highest BCUT2D eigenvalue weighted by molar-refractivity contribution is 7.22. The average Bonchev–Trinajstić information content (AvgIpc) is 3.04. The van der Waals surface area contributed by atoms with E-state index in [2.05, 4.69) is 19.8 Å². The zero-order valence-electron chi connectivity index (χ0n) is 14.2. The van der Waals surface area contributed by atoms with Crippen LogP contribution in [0.3, 0.4) is 0 Å². The van der Waals surface area contributed by atoms with Crippen LogP contribution in [0.5, 0.6) is 0 Å². The maximum Gasteiger partial charge on any atom is 0.433 e. The smallest absolute Gasteiger partial charge is 0.339 e. The molecule has 3 aliphatic rings. The van der Waals surface area contributed by atoms with Crippen molar-refractivity contribution in [3.63, 3.8) is 0 Å². The predicted octanol–water partition coefficient (Wildman–Crippen LogP) is 3.57. The lowest BCUT2D eigenvalue weighted by atomic mass is 9.88. The molecule has 6 rings (SSSR count). The molecule has 3 aliphatic heterocycles. The largest absolute Gasteiger partial charge is 0.433 e. The minimum Gasteiger partial charge on any atom is -0.339 e. The van der Waals surface area contributed by atoms with Crippen molar-refractivity contribution in [1.82, 2.24) is 19.9 Å². The molecule has 0 amide bonds. The number of nitrogens with zero attached hydrogens (tertiary/aromatic N) is 5. The number of rotatable bonds is 3. The average molecular weight is 391 g/mol. The number of fused-ring (bicyclic) bond motifs is 3. The summed E-state index contributed by atoms with van der Waals surface area (Å²) in [6, 6.07) is 5.37. The molecular formula is C18H16F3N5S. The van der Waals surface area contributed by atoms with E-state index < -0.39 is 11.9 Å². The summed E-state index contributed by atoms with van der Waals surface area (Å²) >= 11 is 1.69. The number of hydrogen-bond acceptors (Lipinski definition) is 6. The van der Waals surface area contributed by atoms with E-state index in [1.54, 1.807) is 23.7 Å². The van der Waals surface area contributed by atoms with Crippen LogP contribution < -0.4 is 4.90 Å². The van der Waals surface area contributed by atoms with Gasteiger partial charge < -0.3 is 4.90 Å². The summed E-state index contributed by atoms with van der Waals surface area (Å²) in [5.41, 5.74) is 0.890. The van der Waals surface area contributed by atoms with E-state index in [1.807, 2.05) is 6.07 Å². The van der Waals surface area contributed by atoms with Crippen LogP contribution in [0.1, 0.15) is 17.7 Å². The number of pyridine rings is 2. The van der Waals surface area contributed by atoms with E-state index in [4.69, 9.17) is 4.98 Å². The van der Waals surface area contributed by atoms with E-state index in [0.29, 0.717) is 18.6 Å². The van der Waals surface area contributed by atoms with E-state index in [1.165, 1.54) is 12.3 Å². The van der Waals surface area contributed by atoms with Crippen molar-refractivity contribution in [2.75, 3.05) is 18.0 Å². The van der Waals surface area contributed by atoms with Crippen LogP contribution >= 0.6 is 11.3 Å². The van der Waals surface area contributed by atoms with Gasteiger partial charge in [-0.3, -0.25) is 14.9 Å². The molecule has 27 heavy (non-hydrogen) atoms. The summed E-state index contributed by atoms with van der Waals surface area (Å²) in [6.45, 7) is 2.38. The van der Waals surface area contributed by atoms with Crippen LogP contribution in [0.4, 0.5) is 18.3 Å². The highest BCUT2D eigenvalue weighted by atomic mass is 32.1. The summed E-state index contributed by atoms with van der Waals surface area (Å²) < 4.78 is 39.0. The molecule has 0 aromatic carbocycles. The van der Waals surface area contributed by atoms with Crippen LogP contribution in [0, 0.1) is 0 Å². The van der Waals surface area contributed by atoms with Gasteiger partial charge in [-0.25, -0.2) is 4.98 Å². The van der Waals surface area contributed by atoms with Gasteiger partial charge in [0.1, 0.15) is 11.2 Å². The van der Waals surface area contributed by atoms with Crippen molar-refractivity contribution in [3.05, 3.63) is 48.0 Å².